The largest absolute Gasteiger partial charge is 0.466 e. The number of rotatable bonds is 7. The normalized spacial score (nSPS) is 10.8. The molecule has 146 valence electrons. The molecule has 0 N–H and O–H groups in total. The molecule has 1 heterocycles. The number of hydrogen-bond acceptors (Lipinski definition) is 5. The highest BCUT2D eigenvalue weighted by Crippen LogP contribution is 2.34. The minimum atomic E-state index is -0.384. The third-order valence-electron chi connectivity index (χ3n) is 4.01. The SMILES string of the molecule is CCOC(=O)CCC(=O)N(Cc1nc2c(Cl)c(Cl)ccc2s1)c1ccccc1. The Kier molecular flexibility index (Phi) is 6.88. The number of fused-ring (bicyclic) bond motifs is 1. The van der Waals surface area contributed by atoms with Crippen LogP contribution in [0, 0.1) is 0 Å². The summed E-state index contributed by atoms with van der Waals surface area (Å²) in [5.74, 6) is -0.562. The molecule has 1 amide bonds. The summed E-state index contributed by atoms with van der Waals surface area (Å²) in [6, 6.07) is 12.9. The molecular formula is C20H18Cl2N2O3S. The second-order valence-electron chi connectivity index (χ2n) is 5.94. The Bertz CT molecular complexity index is 992. The number of esters is 1. The van der Waals surface area contributed by atoms with Gasteiger partial charge in [0, 0.05) is 12.1 Å². The Labute approximate surface area is 176 Å². The highest BCUT2D eigenvalue weighted by Gasteiger charge is 2.20. The highest BCUT2D eigenvalue weighted by molar-refractivity contribution is 7.18. The molecule has 0 saturated carbocycles. The van der Waals surface area contributed by atoms with Crippen LogP contribution in [0.3, 0.4) is 0 Å². The van der Waals surface area contributed by atoms with E-state index in [9.17, 15) is 9.59 Å². The molecular weight excluding hydrogens is 419 g/mol. The quantitative estimate of drug-likeness (QED) is 0.460. The molecule has 0 aliphatic rings. The summed E-state index contributed by atoms with van der Waals surface area (Å²) in [5.41, 5.74) is 1.36. The highest BCUT2D eigenvalue weighted by atomic mass is 35.5. The van der Waals surface area contributed by atoms with Crippen molar-refractivity contribution in [3.63, 3.8) is 0 Å². The van der Waals surface area contributed by atoms with Crippen LogP contribution >= 0.6 is 34.5 Å². The smallest absolute Gasteiger partial charge is 0.306 e. The molecule has 0 fully saturated rings. The van der Waals surface area contributed by atoms with E-state index in [0.29, 0.717) is 22.2 Å². The Morgan fingerprint density at radius 3 is 2.57 bits per heavy atom. The monoisotopic (exact) mass is 436 g/mol. The number of nitrogens with zero attached hydrogens (tertiary/aromatic N) is 2. The molecule has 0 saturated heterocycles. The lowest BCUT2D eigenvalue weighted by molar-refractivity contribution is -0.144. The molecule has 0 radical (unpaired) electrons. The van der Waals surface area contributed by atoms with E-state index in [2.05, 4.69) is 4.98 Å². The van der Waals surface area contributed by atoms with Crippen LogP contribution in [0.25, 0.3) is 10.2 Å². The Morgan fingerprint density at radius 2 is 1.86 bits per heavy atom. The summed E-state index contributed by atoms with van der Waals surface area (Å²) in [7, 11) is 0. The zero-order valence-electron chi connectivity index (χ0n) is 15.2. The van der Waals surface area contributed by atoms with Crippen LogP contribution in [0.2, 0.25) is 10.0 Å². The number of hydrogen-bond donors (Lipinski definition) is 0. The Hall–Kier alpha value is -2.15. The topological polar surface area (TPSA) is 59.5 Å². The lowest BCUT2D eigenvalue weighted by Gasteiger charge is -2.21. The van der Waals surface area contributed by atoms with Crippen molar-refractivity contribution >= 4 is 62.3 Å². The number of carbonyl (C=O) groups is 2. The third kappa shape index (κ3) is 4.82. The van der Waals surface area contributed by atoms with Gasteiger partial charge < -0.3 is 9.64 Å². The lowest BCUT2D eigenvalue weighted by atomic mass is 10.2. The van der Waals surface area contributed by atoms with Crippen LogP contribution in [0.5, 0.6) is 0 Å². The maximum absolute atomic E-state index is 12.8. The number of benzene rings is 2. The minimum Gasteiger partial charge on any atom is -0.466 e. The Morgan fingerprint density at radius 1 is 1.11 bits per heavy atom. The number of ether oxygens (including phenoxy) is 1. The maximum Gasteiger partial charge on any atom is 0.306 e. The van der Waals surface area contributed by atoms with E-state index < -0.39 is 0 Å². The number of carbonyl (C=O) groups excluding carboxylic acids is 2. The van der Waals surface area contributed by atoms with E-state index in [1.165, 1.54) is 11.3 Å². The van der Waals surface area contributed by atoms with Gasteiger partial charge in [0.1, 0.15) is 10.5 Å². The molecule has 0 unspecified atom stereocenters. The second-order valence-corrected chi connectivity index (χ2v) is 7.84. The van der Waals surface area contributed by atoms with Gasteiger partial charge in [0.2, 0.25) is 5.91 Å². The summed E-state index contributed by atoms with van der Waals surface area (Å²) in [6.07, 6.45) is 0.0997. The van der Waals surface area contributed by atoms with Crippen LogP contribution in [-0.2, 0) is 20.9 Å². The van der Waals surface area contributed by atoms with Gasteiger partial charge in [-0.25, -0.2) is 4.98 Å². The molecule has 0 bridgehead atoms. The molecule has 0 spiro atoms. The van der Waals surface area contributed by atoms with Crippen molar-refractivity contribution < 1.29 is 14.3 Å². The predicted octanol–water partition coefficient (Wildman–Crippen LogP) is 5.48. The van der Waals surface area contributed by atoms with Crippen LogP contribution in [-0.4, -0.2) is 23.5 Å². The van der Waals surface area contributed by atoms with Crippen molar-refractivity contribution in [2.45, 2.75) is 26.3 Å². The number of amides is 1. The standard InChI is InChI=1S/C20H18Cl2N2O3S/c1-2-27-18(26)11-10-17(25)24(13-6-4-3-5-7-13)12-16-23-20-15(28-16)9-8-14(21)19(20)22/h3-9H,2,10-12H2,1H3. The van der Waals surface area contributed by atoms with Gasteiger partial charge >= 0.3 is 5.97 Å². The van der Waals surface area contributed by atoms with Gasteiger partial charge in [0.25, 0.3) is 0 Å². The molecule has 1 aromatic heterocycles. The first-order valence-corrected chi connectivity index (χ1v) is 10.3. The van der Waals surface area contributed by atoms with E-state index in [4.69, 9.17) is 27.9 Å². The van der Waals surface area contributed by atoms with E-state index >= 15 is 0 Å². The van der Waals surface area contributed by atoms with Gasteiger partial charge in [-0.2, -0.15) is 0 Å². The molecule has 5 nitrogen and oxygen atoms in total. The van der Waals surface area contributed by atoms with Gasteiger partial charge in [0.15, 0.2) is 0 Å². The summed E-state index contributed by atoms with van der Waals surface area (Å²) < 4.78 is 5.81. The molecule has 3 rings (SSSR count). The number of halogens is 2. The number of aromatic nitrogens is 1. The Balaban J connectivity index is 1.84. The summed E-state index contributed by atoms with van der Waals surface area (Å²) in [4.78, 5) is 30.6. The van der Waals surface area contributed by atoms with Crippen LogP contribution in [0.15, 0.2) is 42.5 Å². The first-order valence-electron chi connectivity index (χ1n) is 8.74. The van der Waals surface area contributed by atoms with Crippen molar-refractivity contribution in [2.75, 3.05) is 11.5 Å². The lowest BCUT2D eigenvalue weighted by Crippen LogP contribution is -2.30. The van der Waals surface area contributed by atoms with Crippen LogP contribution in [0.4, 0.5) is 5.69 Å². The summed E-state index contributed by atoms with van der Waals surface area (Å²) in [5, 5.41) is 1.57. The fourth-order valence-electron chi connectivity index (χ4n) is 2.69. The van der Waals surface area contributed by atoms with E-state index in [1.54, 1.807) is 17.9 Å². The first kappa shape index (κ1) is 20.6. The number of thiazole rings is 1. The van der Waals surface area contributed by atoms with E-state index in [0.717, 1.165) is 15.4 Å². The van der Waals surface area contributed by atoms with Crippen molar-refractivity contribution in [1.29, 1.82) is 0 Å². The van der Waals surface area contributed by atoms with Gasteiger partial charge in [-0.3, -0.25) is 9.59 Å². The zero-order valence-corrected chi connectivity index (χ0v) is 17.5. The predicted molar refractivity (Wildman–Crippen MR) is 113 cm³/mol. The van der Waals surface area contributed by atoms with Crippen molar-refractivity contribution in [3.8, 4) is 0 Å². The molecule has 8 heteroatoms. The number of anilines is 1. The van der Waals surface area contributed by atoms with Gasteiger partial charge in [-0.05, 0) is 31.2 Å². The first-order chi connectivity index (χ1) is 13.5. The van der Waals surface area contributed by atoms with Crippen LogP contribution < -0.4 is 4.90 Å². The summed E-state index contributed by atoms with van der Waals surface area (Å²) >= 11 is 13.8. The van der Waals surface area contributed by atoms with Crippen molar-refractivity contribution in [3.05, 3.63) is 57.5 Å². The molecule has 0 aliphatic carbocycles. The molecule has 0 atom stereocenters. The van der Waals surface area contributed by atoms with Crippen molar-refractivity contribution in [1.82, 2.24) is 4.98 Å². The van der Waals surface area contributed by atoms with E-state index in [-0.39, 0.29) is 31.3 Å². The van der Waals surface area contributed by atoms with Crippen LogP contribution in [0.1, 0.15) is 24.8 Å². The van der Waals surface area contributed by atoms with Crippen molar-refractivity contribution in [2.24, 2.45) is 0 Å². The van der Waals surface area contributed by atoms with E-state index in [1.807, 2.05) is 36.4 Å². The third-order valence-corrected chi connectivity index (χ3v) is 5.81. The summed E-state index contributed by atoms with van der Waals surface area (Å²) in [6.45, 7) is 2.31. The average Bonchev–Trinajstić information content (AvgIpc) is 3.12. The fraction of sp³-hybridized carbons (Fsp3) is 0.250. The van der Waals surface area contributed by atoms with Gasteiger partial charge in [-0.15, -0.1) is 11.3 Å². The molecule has 2 aromatic carbocycles. The zero-order chi connectivity index (χ0) is 20.1. The van der Waals surface area contributed by atoms with Gasteiger partial charge in [0.05, 0.1) is 34.3 Å². The molecule has 0 aliphatic heterocycles. The average molecular weight is 437 g/mol. The number of para-hydroxylation sites is 1. The minimum absolute atomic E-state index is 0.0390. The fourth-order valence-corrected chi connectivity index (χ4v) is 4.08. The van der Waals surface area contributed by atoms with Gasteiger partial charge in [-0.1, -0.05) is 41.4 Å². The maximum atomic E-state index is 12.8. The second kappa shape index (κ2) is 9.37. The molecule has 28 heavy (non-hydrogen) atoms. The molecule has 3 aromatic rings.